The van der Waals surface area contributed by atoms with Crippen molar-refractivity contribution in [3.05, 3.63) is 59.6 Å². The van der Waals surface area contributed by atoms with Gasteiger partial charge in [0.15, 0.2) is 0 Å². The minimum Gasteiger partial charge on any atom is -0.495 e. The summed E-state index contributed by atoms with van der Waals surface area (Å²) in [5, 5.41) is 13.8. The lowest BCUT2D eigenvalue weighted by atomic mass is 9.75. The molecule has 1 aliphatic rings. The van der Waals surface area contributed by atoms with Crippen molar-refractivity contribution >= 4 is 16.9 Å². The highest BCUT2D eigenvalue weighted by molar-refractivity contribution is 6.05. The first kappa shape index (κ1) is 17.5. The Morgan fingerprint density at radius 1 is 1.33 bits per heavy atom. The molecule has 140 valence electrons. The number of aromatic nitrogens is 1. The third kappa shape index (κ3) is 3.40. The maximum atomic E-state index is 13.0. The fourth-order valence-corrected chi connectivity index (χ4v) is 3.68. The minimum atomic E-state index is -0.316. The number of pyridine rings is 1. The Hall–Kier alpha value is -2.86. The third-order valence-electron chi connectivity index (χ3n) is 5.15. The second kappa shape index (κ2) is 7.04. The van der Waals surface area contributed by atoms with Crippen LogP contribution in [0.4, 0.5) is 0 Å². The maximum Gasteiger partial charge on any atom is 0.255 e. The van der Waals surface area contributed by atoms with Crippen molar-refractivity contribution in [1.29, 1.82) is 0 Å². The van der Waals surface area contributed by atoms with Gasteiger partial charge in [-0.2, -0.15) is 0 Å². The fraction of sp³-hybridized carbons (Fsp3) is 0.333. The molecule has 2 aromatic heterocycles. The Morgan fingerprint density at radius 2 is 2.15 bits per heavy atom. The van der Waals surface area contributed by atoms with Crippen LogP contribution in [-0.2, 0) is 0 Å². The SMILES string of the molecule is COc1cncc(C(NC(=O)c2cccc3cc(C)oc23)C2CC(O)C2)c1. The molecule has 2 heterocycles. The average molecular weight is 366 g/mol. The number of rotatable bonds is 5. The van der Waals surface area contributed by atoms with E-state index < -0.39 is 0 Å². The molecular weight excluding hydrogens is 344 g/mol. The topological polar surface area (TPSA) is 84.6 Å². The molecule has 0 radical (unpaired) electrons. The summed E-state index contributed by atoms with van der Waals surface area (Å²) in [5.74, 6) is 1.34. The van der Waals surface area contributed by atoms with Crippen LogP contribution in [0.3, 0.4) is 0 Å². The summed E-state index contributed by atoms with van der Waals surface area (Å²) in [6.07, 6.45) is 4.34. The number of nitrogens with one attached hydrogen (secondary N) is 1. The molecule has 0 aliphatic heterocycles. The molecule has 2 N–H and O–H groups in total. The first-order valence-electron chi connectivity index (χ1n) is 9.02. The number of aliphatic hydroxyl groups is 1. The van der Waals surface area contributed by atoms with E-state index in [1.807, 2.05) is 31.2 Å². The molecule has 1 unspecified atom stereocenters. The zero-order chi connectivity index (χ0) is 19.0. The fourth-order valence-electron chi connectivity index (χ4n) is 3.68. The average Bonchev–Trinajstić information content (AvgIpc) is 3.03. The van der Waals surface area contributed by atoms with Crippen molar-refractivity contribution in [3.63, 3.8) is 0 Å². The number of para-hydroxylation sites is 1. The Balaban J connectivity index is 1.65. The Bertz CT molecular complexity index is 975. The number of amides is 1. The molecule has 0 saturated heterocycles. The van der Waals surface area contributed by atoms with Gasteiger partial charge in [0.1, 0.15) is 17.1 Å². The number of methoxy groups -OCH3 is 1. The number of carbonyl (C=O) groups is 1. The van der Waals surface area contributed by atoms with Gasteiger partial charge in [-0.25, -0.2) is 0 Å². The summed E-state index contributed by atoms with van der Waals surface area (Å²) >= 11 is 0. The van der Waals surface area contributed by atoms with E-state index >= 15 is 0 Å². The van der Waals surface area contributed by atoms with E-state index in [9.17, 15) is 9.90 Å². The molecule has 1 aromatic carbocycles. The third-order valence-corrected chi connectivity index (χ3v) is 5.15. The van der Waals surface area contributed by atoms with Crippen LogP contribution in [0.15, 0.2) is 47.1 Å². The predicted octanol–water partition coefficient (Wildman–Crippen LogP) is 3.39. The zero-order valence-corrected chi connectivity index (χ0v) is 15.3. The van der Waals surface area contributed by atoms with Gasteiger partial charge in [-0.1, -0.05) is 12.1 Å². The summed E-state index contributed by atoms with van der Waals surface area (Å²) in [6, 6.07) is 9.07. The number of furan rings is 1. The van der Waals surface area contributed by atoms with Gasteiger partial charge < -0.3 is 19.6 Å². The number of hydrogen-bond donors (Lipinski definition) is 2. The number of carbonyl (C=O) groups excluding carboxylic acids is 1. The number of hydrogen-bond acceptors (Lipinski definition) is 5. The van der Waals surface area contributed by atoms with Gasteiger partial charge in [0, 0.05) is 11.6 Å². The standard InChI is InChI=1S/C21H22N2O4/c1-12-6-13-4-3-5-18(20(13)27-12)21(25)23-19(14-7-16(24)8-14)15-9-17(26-2)11-22-10-15/h3-6,9-11,14,16,19,24H,7-8H2,1-2H3,(H,23,25). The van der Waals surface area contributed by atoms with Crippen LogP contribution < -0.4 is 10.1 Å². The molecule has 27 heavy (non-hydrogen) atoms. The zero-order valence-electron chi connectivity index (χ0n) is 15.3. The van der Waals surface area contributed by atoms with Gasteiger partial charge in [0.25, 0.3) is 5.91 Å². The van der Waals surface area contributed by atoms with E-state index in [0.717, 1.165) is 16.7 Å². The van der Waals surface area contributed by atoms with Crippen LogP contribution >= 0.6 is 0 Å². The second-order valence-electron chi connectivity index (χ2n) is 7.08. The molecule has 0 bridgehead atoms. The first-order valence-corrected chi connectivity index (χ1v) is 9.02. The minimum absolute atomic E-state index is 0.149. The molecule has 1 saturated carbocycles. The molecule has 0 spiro atoms. The molecule has 1 aliphatic carbocycles. The number of benzene rings is 1. The van der Waals surface area contributed by atoms with Crippen LogP contribution in [-0.4, -0.2) is 29.2 Å². The molecule has 4 rings (SSSR count). The van der Waals surface area contributed by atoms with Gasteiger partial charge >= 0.3 is 0 Å². The van der Waals surface area contributed by atoms with Crippen molar-refractivity contribution in [2.75, 3.05) is 7.11 Å². The van der Waals surface area contributed by atoms with E-state index in [1.54, 1.807) is 25.6 Å². The number of fused-ring (bicyclic) bond motifs is 1. The number of ether oxygens (including phenoxy) is 1. The van der Waals surface area contributed by atoms with Crippen LogP contribution in [0.2, 0.25) is 0 Å². The Morgan fingerprint density at radius 3 is 2.89 bits per heavy atom. The van der Waals surface area contributed by atoms with Gasteiger partial charge in [-0.3, -0.25) is 9.78 Å². The summed E-state index contributed by atoms with van der Waals surface area (Å²) in [5.41, 5.74) is 1.95. The lowest BCUT2D eigenvalue weighted by Crippen LogP contribution is -2.41. The molecule has 6 nitrogen and oxygen atoms in total. The first-order chi connectivity index (χ1) is 13.0. The van der Waals surface area contributed by atoms with Crippen LogP contribution in [0, 0.1) is 12.8 Å². The molecule has 1 amide bonds. The van der Waals surface area contributed by atoms with Crippen LogP contribution in [0.1, 0.15) is 40.6 Å². The van der Waals surface area contributed by atoms with E-state index in [1.165, 1.54) is 0 Å². The maximum absolute atomic E-state index is 13.0. The van der Waals surface area contributed by atoms with E-state index in [2.05, 4.69) is 10.3 Å². The highest BCUT2D eigenvalue weighted by Crippen LogP contribution is 2.39. The smallest absolute Gasteiger partial charge is 0.255 e. The van der Waals surface area contributed by atoms with Gasteiger partial charge in [-0.05, 0) is 49.4 Å². The normalized spacial score (nSPS) is 20.1. The van der Waals surface area contributed by atoms with Crippen molar-refractivity contribution in [3.8, 4) is 5.75 Å². The highest BCUT2D eigenvalue weighted by atomic mass is 16.5. The molecule has 1 atom stereocenters. The Kier molecular flexibility index (Phi) is 4.58. The van der Waals surface area contributed by atoms with E-state index in [4.69, 9.17) is 9.15 Å². The second-order valence-corrected chi connectivity index (χ2v) is 7.08. The van der Waals surface area contributed by atoms with E-state index in [-0.39, 0.29) is 24.0 Å². The summed E-state index contributed by atoms with van der Waals surface area (Å²) < 4.78 is 11.0. The van der Waals surface area contributed by atoms with Crippen molar-refractivity contribution in [2.24, 2.45) is 5.92 Å². The highest BCUT2D eigenvalue weighted by Gasteiger charge is 2.36. The monoisotopic (exact) mass is 366 g/mol. The van der Waals surface area contributed by atoms with E-state index in [0.29, 0.717) is 29.7 Å². The molecular formula is C21H22N2O4. The Labute approximate surface area is 157 Å². The summed E-state index contributed by atoms with van der Waals surface area (Å²) in [4.78, 5) is 17.3. The van der Waals surface area contributed by atoms with Crippen LogP contribution in [0.25, 0.3) is 11.0 Å². The van der Waals surface area contributed by atoms with Gasteiger partial charge in [-0.15, -0.1) is 0 Å². The largest absolute Gasteiger partial charge is 0.495 e. The number of aliphatic hydroxyl groups excluding tert-OH is 1. The summed E-state index contributed by atoms with van der Waals surface area (Å²) in [7, 11) is 1.58. The quantitative estimate of drug-likeness (QED) is 0.723. The number of nitrogens with zero attached hydrogens (tertiary/aromatic N) is 1. The van der Waals surface area contributed by atoms with Crippen molar-refractivity contribution in [2.45, 2.75) is 31.9 Å². The van der Waals surface area contributed by atoms with Crippen molar-refractivity contribution in [1.82, 2.24) is 10.3 Å². The van der Waals surface area contributed by atoms with Crippen LogP contribution in [0.5, 0.6) is 5.75 Å². The van der Waals surface area contributed by atoms with Gasteiger partial charge in [0.05, 0.1) is 31.0 Å². The number of aryl methyl sites for hydroxylation is 1. The predicted molar refractivity (Wildman–Crippen MR) is 101 cm³/mol. The molecule has 3 aromatic rings. The van der Waals surface area contributed by atoms with Crippen molar-refractivity contribution < 1.29 is 19.1 Å². The lowest BCUT2D eigenvalue weighted by Gasteiger charge is -2.38. The van der Waals surface area contributed by atoms with Gasteiger partial charge in [0.2, 0.25) is 0 Å². The lowest BCUT2D eigenvalue weighted by molar-refractivity contribution is 0.0234. The molecule has 6 heteroatoms. The molecule has 1 fully saturated rings. The summed E-state index contributed by atoms with van der Waals surface area (Å²) in [6.45, 7) is 1.86.